The van der Waals surface area contributed by atoms with Gasteiger partial charge < -0.3 is 4.90 Å². The van der Waals surface area contributed by atoms with Crippen molar-refractivity contribution in [1.82, 2.24) is 14.7 Å². The molecule has 1 aromatic carbocycles. The zero-order valence-electron chi connectivity index (χ0n) is 14.4. The van der Waals surface area contributed by atoms with Crippen molar-refractivity contribution in [2.24, 2.45) is 0 Å². The molecule has 1 amide bonds. The summed E-state index contributed by atoms with van der Waals surface area (Å²) in [5.74, 6) is -0.0714. The van der Waals surface area contributed by atoms with E-state index in [0.29, 0.717) is 13.0 Å². The Bertz CT molecular complexity index is 917. The van der Waals surface area contributed by atoms with E-state index in [4.69, 9.17) is 0 Å². The number of para-hydroxylation sites is 1. The number of carbonyl (C=O) groups is 1. The van der Waals surface area contributed by atoms with Gasteiger partial charge in [0.15, 0.2) is 9.84 Å². The summed E-state index contributed by atoms with van der Waals surface area (Å²) in [6.07, 6.45) is 8.74. The third-order valence-electron chi connectivity index (χ3n) is 4.30. The minimum Gasteiger partial charge on any atom is -0.331 e. The van der Waals surface area contributed by atoms with Gasteiger partial charge >= 0.3 is 0 Å². The van der Waals surface area contributed by atoms with Crippen LogP contribution in [0.3, 0.4) is 0 Å². The van der Waals surface area contributed by atoms with Crippen LogP contribution in [-0.4, -0.2) is 53.1 Å². The molecule has 3 rings (SSSR count). The fourth-order valence-electron chi connectivity index (χ4n) is 2.99. The molecular weight excluding hydrogens is 350 g/mol. The van der Waals surface area contributed by atoms with Gasteiger partial charge in [-0.1, -0.05) is 24.3 Å². The zero-order valence-corrected chi connectivity index (χ0v) is 15.2. The molecule has 2 heterocycles. The van der Waals surface area contributed by atoms with Crippen molar-refractivity contribution < 1.29 is 13.2 Å². The summed E-state index contributed by atoms with van der Waals surface area (Å²) < 4.78 is 25.1. The summed E-state index contributed by atoms with van der Waals surface area (Å²) in [5.41, 5.74) is 1.72. The average molecular weight is 371 g/mol. The molecule has 0 radical (unpaired) electrons. The highest BCUT2D eigenvalue weighted by Crippen LogP contribution is 2.18. The number of sulfone groups is 1. The second kappa shape index (κ2) is 7.70. The molecule has 1 unspecified atom stereocenters. The lowest BCUT2D eigenvalue weighted by Gasteiger charge is -2.25. The van der Waals surface area contributed by atoms with Crippen LogP contribution in [0.5, 0.6) is 0 Å². The highest BCUT2D eigenvalue weighted by molar-refractivity contribution is 7.91. The standard InChI is InChI=1S/C19H21N3O3S/c1-2-11-21(18-10-12-26(24,25)15-18)19(23)9-8-16-13-20-22(14-16)17-6-4-3-5-7-17/h2-9,13-14,18H,1,10-12,15H2/b9-8+. The predicted molar refractivity (Wildman–Crippen MR) is 102 cm³/mol. The van der Waals surface area contributed by atoms with Crippen LogP contribution in [0.2, 0.25) is 0 Å². The van der Waals surface area contributed by atoms with Gasteiger partial charge in [0.05, 0.1) is 23.4 Å². The average Bonchev–Trinajstić information content (AvgIpc) is 3.24. The summed E-state index contributed by atoms with van der Waals surface area (Å²) in [4.78, 5) is 14.1. The van der Waals surface area contributed by atoms with Gasteiger partial charge in [0.25, 0.3) is 0 Å². The maximum atomic E-state index is 12.6. The van der Waals surface area contributed by atoms with E-state index in [2.05, 4.69) is 11.7 Å². The minimum absolute atomic E-state index is 0.0202. The molecule has 0 aliphatic carbocycles. The molecule has 0 N–H and O–H groups in total. The molecule has 0 saturated carbocycles. The van der Waals surface area contributed by atoms with Gasteiger partial charge in [-0.25, -0.2) is 13.1 Å². The monoisotopic (exact) mass is 371 g/mol. The van der Waals surface area contributed by atoms with Crippen molar-refractivity contribution in [3.05, 3.63) is 67.0 Å². The van der Waals surface area contributed by atoms with Crippen molar-refractivity contribution in [1.29, 1.82) is 0 Å². The third-order valence-corrected chi connectivity index (χ3v) is 6.05. The van der Waals surface area contributed by atoms with Crippen LogP contribution in [0.4, 0.5) is 0 Å². The first-order chi connectivity index (χ1) is 12.5. The number of carbonyl (C=O) groups excluding carboxylic acids is 1. The molecule has 2 aromatic rings. The summed E-state index contributed by atoms with van der Waals surface area (Å²) in [5, 5.41) is 4.29. The summed E-state index contributed by atoms with van der Waals surface area (Å²) in [7, 11) is -3.05. The second-order valence-electron chi connectivity index (χ2n) is 6.22. The van der Waals surface area contributed by atoms with E-state index in [1.54, 1.807) is 27.9 Å². The first kappa shape index (κ1) is 18.1. The molecular formula is C19H21N3O3S. The van der Waals surface area contributed by atoms with E-state index in [9.17, 15) is 13.2 Å². The Labute approximate surface area is 153 Å². The number of rotatable bonds is 6. The minimum atomic E-state index is -3.05. The van der Waals surface area contributed by atoms with Gasteiger partial charge in [-0.3, -0.25) is 4.79 Å². The zero-order chi connectivity index (χ0) is 18.6. The fourth-order valence-corrected chi connectivity index (χ4v) is 4.72. The number of aromatic nitrogens is 2. The van der Waals surface area contributed by atoms with Crippen LogP contribution in [0, 0.1) is 0 Å². The summed E-state index contributed by atoms with van der Waals surface area (Å²) in [6.45, 7) is 3.99. The lowest BCUT2D eigenvalue weighted by molar-refractivity contribution is -0.127. The van der Waals surface area contributed by atoms with Gasteiger partial charge in [0, 0.05) is 30.4 Å². The van der Waals surface area contributed by atoms with Crippen LogP contribution < -0.4 is 0 Å². The Morgan fingerprint density at radius 1 is 1.35 bits per heavy atom. The molecule has 6 nitrogen and oxygen atoms in total. The maximum absolute atomic E-state index is 12.6. The SMILES string of the molecule is C=CCN(C(=O)/C=C/c1cnn(-c2ccccc2)c1)C1CCS(=O)(=O)C1. The number of nitrogens with zero attached hydrogens (tertiary/aromatic N) is 3. The van der Waals surface area contributed by atoms with Crippen molar-refractivity contribution in [3.63, 3.8) is 0 Å². The van der Waals surface area contributed by atoms with E-state index >= 15 is 0 Å². The van der Waals surface area contributed by atoms with Gasteiger partial charge in [-0.05, 0) is 24.6 Å². The highest BCUT2D eigenvalue weighted by Gasteiger charge is 2.33. The Kier molecular flexibility index (Phi) is 5.37. The second-order valence-corrected chi connectivity index (χ2v) is 8.45. The first-order valence-corrected chi connectivity index (χ1v) is 10.2. The van der Waals surface area contributed by atoms with E-state index in [-0.39, 0.29) is 23.5 Å². The van der Waals surface area contributed by atoms with Crippen LogP contribution in [0.25, 0.3) is 11.8 Å². The Balaban J connectivity index is 1.71. The maximum Gasteiger partial charge on any atom is 0.247 e. The van der Waals surface area contributed by atoms with Crippen LogP contribution in [0.1, 0.15) is 12.0 Å². The Morgan fingerprint density at radius 2 is 2.12 bits per heavy atom. The number of benzene rings is 1. The van der Waals surface area contributed by atoms with E-state index in [0.717, 1.165) is 11.3 Å². The molecule has 0 bridgehead atoms. The molecule has 1 aliphatic heterocycles. The van der Waals surface area contributed by atoms with Crippen molar-refractivity contribution in [2.75, 3.05) is 18.1 Å². The van der Waals surface area contributed by atoms with Gasteiger partial charge in [-0.2, -0.15) is 5.10 Å². The number of hydrogen-bond acceptors (Lipinski definition) is 4. The van der Waals surface area contributed by atoms with Gasteiger partial charge in [-0.15, -0.1) is 6.58 Å². The Morgan fingerprint density at radius 3 is 2.77 bits per heavy atom. The van der Waals surface area contributed by atoms with Crippen molar-refractivity contribution in [3.8, 4) is 5.69 Å². The molecule has 0 spiro atoms. The normalized spacial score (nSPS) is 18.8. The Hall–Kier alpha value is -2.67. The van der Waals surface area contributed by atoms with Crippen LogP contribution in [0.15, 0.2) is 61.5 Å². The molecule has 1 aromatic heterocycles. The summed E-state index contributed by atoms with van der Waals surface area (Å²) >= 11 is 0. The van der Waals surface area contributed by atoms with E-state index < -0.39 is 9.84 Å². The molecule has 1 saturated heterocycles. The molecule has 7 heteroatoms. The third kappa shape index (κ3) is 4.29. The molecule has 136 valence electrons. The quantitative estimate of drug-likeness (QED) is 0.576. The largest absolute Gasteiger partial charge is 0.331 e. The molecule has 1 atom stereocenters. The summed E-state index contributed by atoms with van der Waals surface area (Å²) in [6, 6.07) is 9.39. The lowest BCUT2D eigenvalue weighted by atomic mass is 10.2. The lowest BCUT2D eigenvalue weighted by Crippen LogP contribution is -2.40. The highest BCUT2D eigenvalue weighted by atomic mass is 32.2. The smallest absolute Gasteiger partial charge is 0.247 e. The molecule has 26 heavy (non-hydrogen) atoms. The molecule has 1 fully saturated rings. The van der Waals surface area contributed by atoms with Gasteiger partial charge in [0.2, 0.25) is 5.91 Å². The van der Waals surface area contributed by atoms with Crippen LogP contribution in [-0.2, 0) is 14.6 Å². The van der Waals surface area contributed by atoms with E-state index in [1.165, 1.54) is 6.08 Å². The molecule has 1 aliphatic rings. The topological polar surface area (TPSA) is 72.3 Å². The number of amides is 1. The number of hydrogen-bond donors (Lipinski definition) is 0. The van der Waals surface area contributed by atoms with Gasteiger partial charge in [0.1, 0.15) is 0 Å². The van der Waals surface area contributed by atoms with E-state index in [1.807, 2.05) is 36.5 Å². The predicted octanol–water partition coefficient (Wildman–Crippen LogP) is 2.09. The van der Waals surface area contributed by atoms with Crippen LogP contribution >= 0.6 is 0 Å². The van der Waals surface area contributed by atoms with Crippen molar-refractivity contribution in [2.45, 2.75) is 12.5 Å². The first-order valence-electron chi connectivity index (χ1n) is 8.38. The van der Waals surface area contributed by atoms with Crippen molar-refractivity contribution >= 4 is 21.8 Å². The fraction of sp³-hybridized carbons (Fsp3) is 0.263.